The van der Waals surface area contributed by atoms with Gasteiger partial charge in [-0.25, -0.2) is 17.8 Å². The van der Waals surface area contributed by atoms with Crippen LogP contribution in [0.15, 0.2) is 35.1 Å². The van der Waals surface area contributed by atoms with Gasteiger partial charge < -0.3 is 15.8 Å². The molecule has 142 valence electrons. The van der Waals surface area contributed by atoms with Gasteiger partial charge in [-0.15, -0.1) is 0 Å². The summed E-state index contributed by atoms with van der Waals surface area (Å²) in [6.07, 6.45) is 1.59. The molecule has 2 aliphatic rings. The van der Waals surface area contributed by atoms with Crippen molar-refractivity contribution in [2.45, 2.75) is 4.90 Å². The maximum Gasteiger partial charge on any atom is 0.244 e. The molecule has 0 bridgehead atoms. The predicted octanol–water partition coefficient (Wildman–Crippen LogP) is -0.115. The molecule has 2 fully saturated rings. The van der Waals surface area contributed by atoms with Gasteiger partial charge in [0.15, 0.2) is 0 Å². The third kappa shape index (κ3) is 3.44. The summed E-state index contributed by atoms with van der Waals surface area (Å²) in [7, 11) is -2.08. The number of ether oxygens (including phenoxy) is 1. The number of nitrogens with zero attached hydrogens (tertiary/aromatic N) is 2. The number of carbonyl (C=O) groups is 1. The molecule has 3 N–H and O–H groups in total. The highest BCUT2D eigenvalue weighted by atomic mass is 32.2. The summed E-state index contributed by atoms with van der Waals surface area (Å²) in [5.41, 5.74) is 5.60. The Bertz CT molecular complexity index is 800. The number of hydrogen-bond acceptors (Lipinski definition) is 6. The molecule has 1 saturated carbocycles. The fraction of sp³-hybridized carbons (Fsp3) is 0.500. The molecule has 1 amide bonds. The number of fused-ring (bicyclic) bond motifs is 1. The summed E-state index contributed by atoms with van der Waals surface area (Å²) in [5.74, 6) is 0.241. The summed E-state index contributed by atoms with van der Waals surface area (Å²) in [6, 6.07) is 2.82. The normalized spacial score (nSPS) is 25.7. The molecule has 0 aromatic carbocycles. The zero-order valence-corrected chi connectivity index (χ0v) is 15.1. The number of rotatable bonds is 7. The van der Waals surface area contributed by atoms with E-state index < -0.39 is 10.0 Å². The number of nitrogens with two attached hydrogens (primary N) is 1. The van der Waals surface area contributed by atoms with Crippen molar-refractivity contribution < 1.29 is 22.3 Å². The highest BCUT2D eigenvalue weighted by Crippen LogP contribution is 2.52. The van der Waals surface area contributed by atoms with Crippen molar-refractivity contribution in [1.82, 2.24) is 14.6 Å². The Labute approximate surface area is 151 Å². The van der Waals surface area contributed by atoms with E-state index in [2.05, 4.69) is 10.3 Å². The first-order valence-corrected chi connectivity index (χ1v) is 9.65. The third-order valence-electron chi connectivity index (χ3n) is 4.88. The number of hydrogen-bond donors (Lipinski definition) is 2. The molecule has 3 atom stereocenters. The topological polar surface area (TPSA) is 115 Å². The molecule has 1 aromatic rings. The number of aromatic nitrogens is 1. The van der Waals surface area contributed by atoms with Crippen LogP contribution in [0, 0.1) is 17.8 Å². The molecule has 1 saturated heterocycles. The zero-order chi connectivity index (χ0) is 18.9. The van der Waals surface area contributed by atoms with Crippen LogP contribution in [0.3, 0.4) is 0 Å². The van der Waals surface area contributed by atoms with Crippen molar-refractivity contribution in [2.24, 2.45) is 23.5 Å². The molecular formula is C16H21FN4O4S. The second-order valence-electron chi connectivity index (χ2n) is 6.38. The van der Waals surface area contributed by atoms with E-state index in [0.29, 0.717) is 19.4 Å². The molecule has 1 aliphatic heterocycles. The van der Waals surface area contributed by atoms with Crippen LogP contribution in [0.2, 0.25) is 0 Å². The lowest BCUT2D eigenvalue weighted by molar-refractivity contribution is -0.122. The third-order valence-corrected chi connectivity index (χ3v) is 6.69. The van der Waals surface area contributed by atoms with Gasteiger partial charge in [-0.3, -0.25) is 4.79 Å². The molecule has 1 aliphatic carbocycles. The van der Waals surface area contributed by atoms with Crippen LogP contribution >= 0.6 is 0 Å². The van der Waals surface area contributed by atoms with E-state index in [1.165, 1.54) is 22.6 Å². The van der Waals surface area contributed by atoms with Crippen molar-refractivity contribution >= 4 is 15.9 Å². The van der Waals surface area contributed by atoms with E-state index in [1.807, 2.05) is 0 Å². The zero-order valence-electron chi connectivity index (χ0n) is 14.3. The number of halogens is 1. The fourth-order valence-corrected chi connectivity index (χ4v) is 4.76. The van der Waals surface area contributed by atoms with Crippen LogP contribution in [0.4, 0.5) is 4.39 Å². The maximum absolute atomic E-state index is 12.7. The Morgan fingerprint density at radius 2 is 2.15 bits per heavy atom. The summed E-state index contributed by atoms with van der Waals surface area (Å²) in [5, 5.41) is 2.61. The van der Waals surface area contributed by atoms with Gasteiger partial charge in [-0.2, -0.15) is 4.31 Å². The number of sulfonamides is 1. The molecule has 1 aromatic heterocycles. The van der Waals surface area contributed by atoms with Crippen LogP contribution < -0.4 is 15.8 Å². The largest absolute Gasteiger partial charge is 0.473 e. The molecular weight excluding hydrogens is 363 g/mol. The minimum absolute atomic E-state index is 0.0251. The number of pyridine rings is 1. The van der Waals surface area contributed by atoms with Gasteiger partial charge in [0.2, 0.25) is 21.8 Å². The molecule has 0 spiro atoms. The van der Waals surface area contributed by atoms with E-state index in [9.17, 15) is 17.6 Å². The molecule has 0 radical (unpaired) electrons. The molecule has 8 nitrogen and oxygen atoms in total. The maximum atomic E-state index is 12.7. The molecule has 2 heterocycles. The Morgan fingerprint density at radius 1 is 1.46 bits per heavy atom. The van der Waals surface area contributed by atoms with Crippen molar-refractivity contribution in [1.29, 1.82) is 0 Å². The van der Waals surface area contributed by atoms with Gasteiger partial charge in [0, 0.05) is 44.2 Å². The Hall–Kier alpha value is -2.04. The molecule has 3 rings (SSSR count). The van der Waals surface area contributed by atoms with E-state index in [1.54, 1.807) is 7.05 Å². The molecule has 1 unspecified atom stereocenters. The first kappa shape index (κ1) is 18.7. The van der Waals surface area contributed by atoms with Crippen molar-refractivity contribution in [2.75, 3.05) is 33.3 Å². The molecule has 26 heavy (non-hydrogen) atoms. The lowest BCUT2D eigenvalue weighted by atomic mass is 10.2. The lowest BCUT2D eigenvalue weighted by Crippen LogP contribution is -2.34. The van der Waals surface area contributed by atoms with Crippen LogP contribution in [-0.4, -0.2) is 56.9 Å². The molecule has 10 heteroatoms. The highest BCUT2D eigenvalue weighted by Gasteiger charge is 2.61. The Morgan fingerprint density at radius 3 is 2.65 bits per heavy atom. The summed E-state index contributed by atoms with van der Waals surface area (Å²) >= 11 is 0. The Balaban J connectivity index is 1.62. The van der Waals surface area contributed by atoms with Gasteiger partial charge in [-0.1, -0.05) is 0 Å². The summed E-state index contributed by atoms with van der Waals surface area (Å²) in [6.45, 7) is 0.648. The van der Waals surface area contributed by atoms with Gasteiger partial charge >= 0.3 is 0 Å². The Kier molecular flexibility index (Phi) is 5.26. The summed E-state index contributed by atoms with van der Waals surface area (Å²) < 4.78 is 44.5. The minimum Gasteiger partial charge on any atom is -0.473 e. The van der Waals surface area contributed by atoms with Crippen LogP contribution in [0.5, 0.6) is 5.88 Å². The smallest absolute Gasteiger partial charge is 0.244 e. The monoisotopic (exact) mass is 384 g/mol. The first-order valence-electron chi connectivity index (χ1n) is 8.21. The standard InChI is InChI=1S/C16H21FN4O4S/c1-19-16(22)15-12-7-21(8-13(12)15)26(23,24)11-2-3-14(20-6-11)25-9-10(4-17)5-18/h2-4,6,12-13,15H,5,7-9,18H2,1H3,(H,19,22)/b10-4-/t12-,13+,15?. The highest BCUT2D eigenvalue weighted by molar-refractivity contribution is 7.89. The van der Waals surface area contributed by atoms with Crippen LogP contribution in [0.25, 0.3) is 0 Å². The second kappa shape index (κ2) is 7.29. The van der Waals surface area contributed by atoms with Crippen LogP contribution in [-0.2, 0) is 14.8 Å². The quantitative estimate of drug-likeness (QED) is 0.678. The fourth-order valence-electron chi connectivity index (χ4n) is 3.29. The lowest BCUT2D eigenvalue weighted by Gasteiger charge is -2.19. The van der Waals surface area contributed by atoms with Gasteiger partial charge in [0.05, 0.1) is 12.5 Å². The van der Waals surface area contributed by atoms with Gasteiger partial charge in [-0.05, 0) is 17.9 Å². The predicted molar refractivity (Wildman–Crippen MR) is 91.3 cm³/mol. The summed E-state index contributed by atoms with van der Waals surface area (Å²) in [4.78, 5) is 15.7. The minimum atomic E-state index is -3.66. The van der Waals surface area contributed by atoms with Gasteiger partial charge in [0.1, 0.15) is 11.5 Å². The van der Waals surface area contributed by atoms with E-state index >= 15 is 0 Å². The van der Waals surface area contributed by atoms with E-state index in [0.717, 1.165) is 0 Å². The first-order chi connectivity index (χ1) is 12.4. The SMILES string of the molecule is CNC(=O)C1[C@H]2CN(S(=O)(=O)c3ccc(OC/C(=C\F)CN)nc3)C[C@@H]12. The number of nitrogens with one attached hydrogen (secondary N) is 1. The number of piperidine rings is 1. The van der Waals surface area contributed by atoms with Crippen LogP contribution in [0.1, 0.15) is 0 Å². The van der Waals surface area contributed by atoms with Crippen molar-refractivity contribution in [3.05, 3.63) is 30.2 Å². The average molecular weight is 384 g/mol. The second-order valence-corrected chi connectivity index (χ2v) is 8.32. The van der Waals surface area contributed by atoms with Crippen molar-refractivity contribution in [3.63, 3.8) is 0 Å². The number of amides is 1. The number of carbonyl (C=O) groups excluding carboxylic acids is 1. The average Bonchev–Trinajstić information content (AvgIpc) is 3.15. The van der Waals surface area contributed by atoms with E-state index in [-0.39, 0.29) is 53.2 Å². The van der Waals surface area contributed by atoms with Gasteiger partial charge in [0.25, 0.3) is 0 Å². The van der Waals surface area contributed by atoms with E-state index in [4.69, 9.17) is 10.5 Å². The van der Waals surface area contributed by atoms with Crippen molar-refractivity contribution in [3.8, 4) is 5.88 Å².